The van der Waals surface area contributed by atoms with Crippen molar-refractivity contribution in [1.82, 2.24) is 14.7 Å². The highest BCUT2D eigenvalue weighted by Gasteiger charge is 2.29. The van der Waals surface area contributed by atoms with Crippen LogP contribution in [0.25, 0.3) is 0 Å². The van der Waals surface area contributed by atoms with Gasteiger partial charge in [-0.3, -0.25) is 9.48 Å². The number of likely N-dealkylation sites (tertiary alicyclic amines) is 1. The van der Waals surface area contributed by atoms with Crippen molar-refractivity contribution in [1.29, 1.82) is 0 Å². The Morgan fingerprint density at radius 1 is 1.38 bits per heavy atom. The SMILES string of the molecule is CC(O)C1CCN(C(=O)c2cc(C(C)(C)C)nn2C)CC1. The lowest BCUT2D eigenvalue weighted by Gasteiger charge is -2.33. The average molecular weight is 293 g/mol. The number of carbonyl (C=O) groups excluding carboxylic acids is 1. The summed E-state index contributed by atoms with van der Waals surface area (Å²) in [4.78, 5) is 14.5. The Labute approximate surface area is 126 Å². The van der Waals surface area contributed by atoms with Crippen molar-refractivity contribution in [2.24, 2.45) is 13.0 Å². The van der Waals surface area contributed by atoms with Crippen LogP contribution in [0.5, 0.6) is 0 Å². The molecule has 1 unspecified atom stereocenters. The lowest BCUT2D eigenvalue weighted by atomic mass is 9.91. The zero-order valence-corrected chi connectivity index (χ0v) is 13.8. The fourth-order valence-corrected chi connectivity index (χ4v) is 2.78. The number of hydrogen-bond acceptors (Lipinski definition) is 3. The molecule has 1 aliphatic rings. The predicted molar refractivity (Wildman–Crippen MR) is 82.2 cm³/mol. The number of aryl methyl sites for hydroxylation is 1. The molecular weight excluding hydrogens is 266 g/mol. The number of piperidine rings is 1. The Morgan fingerprint density at radius 3 is 2.38 bits per heavy atom. The van der Waals surface area contributed by atoms with Gasteiger partial charge in [0.15, 0.2) is 0 Å². The number of nitrogens with zero attached hydrogens (tertiary/aromatic N) is 3. The minimum Gasteiger partial charge on any atom is -0.393 e. The molecule has 0 aromatic carbocycles. The number of hydrogen-bond donors (Lipinski definition) is 1. The summed E-state index contributed by atoms with van der Waals surface area (Å²) >= 11 is 0. The molecule has 0 bridgehead atoms. The Balaban J connectivity index is 2.10. The summed E-state index contributed by atoms with van der Waals surface area (Å²) in [5.74, 6) is 0.357. The van der Waals surface area contributed by atoms with E-state index >= 15 is 0 Å². The largest absolute Gasteiger partial charge is 0.393 e. The molecule has 1 atom stereocenters. The summed E-state index contributed by atoms with van der Waals surface area (Å²) in [5, 5.41) is 14.1. The maximum atomic E-state index is 12.6. The van der Waals surface area contributed by atoms with Crippen LogP contribution in [0.1, 0.15) is 56.7 Å². The van der Waals surface area contributed by atoms with E-state index < -0.39 is 0 Å². The highest BCUT2D eigenvalue weighted by molar-refractivity contribution is 5.92. The zero-order valence-electron chi connectivity index (χ0n) is 13.8. The van der Waals surface area contributed by atoms with Crippen molar-refractivity contribution in [2.75, 3.05) is 13.1 Å². The first-order valence-electron chi connectivity index (χ1n) is 7.72. The molecule has 2 heterocycles. The molecule has 1 aromatic heterocycles. The van der Waals surface area contributed by atoms with Crippen LogP contribution in [-0.4, -0.2) is 44.9 Å². The van der Waals surface area contributed by atoms with E-state index in [9.17, 15) is 9.90 Å². The van der Waals surface area contributed by atoms with Gasteiger partial charge in [-0.15, -0.1) is 0 Å². The van der Waals surface area contributed by atoms with Gasteiger partial charge in [-0.25, -0.2) is 0 Å². The first-order chi connectivity index (χ1) is 9.70. The third-order valence-corrected chi connectivity index (χ3v) is 4.38. The Hall–Kier alpha value is -1.36. The molecular formula is C16H27N3O2. The highest BCUT2D eigenvalue weighted by atomic mass is 16.3. The number of aliphatic hydroxyl groups is 1. The maximum absolute atomic E-state index is 12.6. The number of amides is 1. The maximum Gasteiger partial charge on any atom is 0.272 e. The molecule has 2 rings (SSSR count). The molecule has 5 heteroatoms. The number of carbonyl (C=O) groups is 1. The molecule has 1 amide bonds. The van der Waals surface area contributed by atoms with Crippen LogP contribution in [0, 0.1) is 5.92 Å². The van der Waals surface area contributed by atoms with E-state index in [4.69, 9.17) is 0 Å². The van der Waals surface area contributed by atoms with Crippen molar-refractivity contribution in [3.8, 4) is 0 Å². The minimum absolute atomic E-state index is 0.0459. The van der Waals surface area contributed by atoms with Crippen molar-refractivity contribution < 1.29 is 9.90 Å². The average Bonchev–Trinajstić information content (AvgIpc) is 2.80. The summed E-state index contributed by atoms with van der Waals surface area (Å²) < 4.78 is 1.68. The predicted octanol–water partition coefficient (Wildman–Crippen LogP) is 1.95. The summed E-state index contributed by atoms with van der Waals surface area (Å²) in [6.45, 7) is 9.54. The fraction of sp³-hybridized carbons (Fsp3) is 0.750. The highest BCUT2D eigenvalue weighted by Crippen LogP contribution is 2.24. The standard InChI is InChI=1S/C16H27N3O2/c1-11(20)12-6-8-19(9-7-12)15(21)13-10-14(16(2,3)4)17-18(13)5/h10-12,20H,6-9H2,1-5H3. The third-order valence-electron chi connectivity index (χ3n) is 4.38. The van der Waals surface area contributed by atoms with E-state index in [1.807, 2.05) is 24.9 Å². The zero-order chi connectivity index (χ0) is 15.8. The monoisotopic (exact) mass is 293 g/mol. The fourth-order valence-electron chi connectivity index (χ4n) is 2.78. The van der Waals surface area contributed by atoms with Gasteiger partial charge in [-0.05, 0) is 31.7 Å². The Bertz CT molecular complexity index is 506. The lowest BCUT2D eigenvalue weighted by Crippen LogP contribution is -2.41. The Morgan fingerprint density at radius 2 is 1.95 bits per heavy atom. The second kappa shape index (κ2) is 5.79. The van der Waals surface area contributed by atoms with E-state index in [-0.39, 0.29) is 17.4 Å². The van der Waals surface area contributed by atoms with E-state index in [0.717, 1.165) is 18.5 Å². The van der Waals surface area contributed by atoms with Crippen LogP contribution < -0.4 is 0 Å². The molecule has 1 N–H and O–H groups in total. The lowest BCUT2D eigenvalue weighted by molar-refractivity contribution is 0.0513. The topological polar surface area (TPSA) is 58.4 Å². The van der Waals surface area contributed by atoms with E-state index in [0.29, 0.717) is 24.7 Å². The van der Waals surface area contributed by atoms with Crippen LogP contribution >= 0.6 is 0 Å². The van der Waals surface area contributed by atoms with Crippen molar-refractivity contribution >= 4 is 5.91 Å². The van der Waals surface area contributed by atoms with Crippen molar-refractivity contribution in [2.45, 2.75) is 52.1 Å². The first kappa shape index (κ1) is 16.0. The molecule has 5 nitrogen and oxygen atoms in total. The summed E-state index contributed by atoms with van der Waals surface area (Å²) in [5.41, 5.74) is 1.53. The smallest absolute Gasteiger partial charge is 0.272 e. The molecule has 1 saturated heterocycles. The minimum atomic E-state index is -0.286. The van der Waals surface area contributed by atoms with E-state index in [1.54, 1.807) is 4.68 Å². The van der Waals surface area contributed by atoms with Gasteiger partial charge < -0.3 is 10.0 Å². The van der Waals surface area contributed by atoms with Crippen LogP contribution in [-0.2, 0) is 12.5 Å². The summed E-state index contributed by atoms with van der Waals surface area (Å²) in [7, 11) is 1.82. The van der Waals surface area contributed by atoms with Crippen molar-refractivity contribution in [3.63, 3.8) is 0 Å². The second-order valence-corrected chi connectivity index (χ2v) is 7.16. The number of aromatic nitrogens is 2. The van der Waals surface area contributed by atoms with Gasteiger partial charge in [0.2, 0.25) is 0 Å². The molecule has 1 aromatic rings. The van der Waals surface area contributed by atoms with Gasteiger partial charge in [-0.2, -0.15) is 5.10 Å². The quantitative estimate of drug-likeness (QED) is 0.906. The summed E-state index contributed by atoms with van der Waals surface area (Å²) in [6.07, 6.45) is 1.45. The normalized spacial score (nSPS) is 18.9. The van der Waals surface area contributed by atoms with Gasteiger partial charge in [0, 0.05) is 25.6 Å². The first-order valence-corrected chi connectivity index (χ1v) is 7.72. The molecule has 0 aliphatic carbocycles. The van der Waals surface area contributed by atoms with Crippen LogP contribution in [0.3, 0.4) is 0 Å². The molecule has 0 spiro atoms. The molecule has 21 heavy (non-hydrogen) atoms. The third kappa shape index (κ3) is 3.46. The van der Waals surface area contributed by atoms with Crippen LogP contribution in [0.15, 0.2) is 6.07 Å². The van der Waals surface area contributed by atoms with Gasteiger partial charge >= 0.3 is 0 Å². The molecule has 118 valence electrons. The Kier molecular flexibility index (Phi) is 4.42. The summed E-state index contributed by atoms with van der Waals surface area (Å²) in [6, 6.07) is 1.91. The van der Waals surface area contributed by atoms with E-state index in [1.165, 1.54) is 0 Å². The van der Waals surface area contributed by atoms with Gasteiger partial charge in [0.05, 0.1) is 11.8 Å². The molecule has 1 aliphatic heterocycles. The van der Waals surface area contributed by atoms with Gasteiger partial charge in [-0.1, -0.05) is 20.8 Å². The molecule has 0 radical (unpaired) electrons. The molecule has 0 saturated carbocycles. The number of rotatable bonds is 2. The van der Waals surface area contributed by atoms with Crippen LogP contribution in [0.2, 0.25) is 0 Å². The van der Waals surface area contributed by atoms with Crippen molar-refractivity contribution in [3.05, 3.63) is 17.5 Å². The van der Waals surface area contributed by atoms with Gasteiger partial charge in [0.1, 0.15) is 5.69 Å². The van der Waals surface area contributed by atoms with Gasteiger partial charge in [0.25, 0.3) is 5.91 Å². The molecule has 1 fully saturated rings. The van der Waals surface area contributed by atoms with Crippen LogP contribution in [0.4, 0.5) is 0 Å². The van der Waals surface area contributed by atoms with E-state index in [2.05, 4.69) is 25.9 Å². The second-order valence-electron chi connectivity index (χ2n) is 7.16. The number of aliphatic hydroxyl groups excluding tert-OH is 1.